The number of hydrogen-bond acceptors (Lipinski definition) is 5. The Labute approximate surface area is 205 Å². The number of fused-ring (bicyclic) bond motifs is 2. The van der Waals surface area contributed by atoms with Crippen LogP contribution in [0.15, 0.2) is 35.3 Å². The highest BCUT2D eigenvalue weighted by atomic mass is 35.5. The summed E-state index contributed by atoms with van der Waals surface area (Å²) in [6.07, 6.45) is -3.28. The van der Waals surface area contributed by atoms with Gasteiger partial charge in [-0.15, -0.1) is 0 Å². The Balaban J connectivity index is 1.69. The molecule has 190 valence electrons. The average molecular weight is 529 g/mol. The molecule has 2 unspecified atom stereocenters. The molecular weight excluding hydrogens is 511 g/mol. The van der Waals surface area contributed by atoms with Gasteiger partial charge in [-0.1, -0.05) is 11.6 Å². The van der Waals surface area contributed by atoms with Gasteiger partial charge in [0.15, 0.2) is 11.5 Å². The summed E-state index contributed by atoms with van der Waals surface area (Å²) in [5.41, 5.74) is -3.08. The van der Waals surface area contributed by atoms with Crippen LogP contribution in [0.25, 0.3) is 16.7 Å². The van der Waals surface area contributed by atoms with Crippen molar-refractivity contribution in [3.8, 4) is 5.69 Å². The second-order valence-corrected chi connectivity index (χ2v) is 9.53. The minimum Gasteiger partial charge on any atom is -0.388 e. The van der Waals surface area contributed by atoms with Crippen molar-refractivity contribution in [1.29, 1.82) is 0 Å². The molecule has 1 aliphatic carbocycles. The highest BCUT2D eigenvalue weighted by molar-refractivity contribution is 6.32. The molecule has 2 N–H and O–H groups in total. The second-order valence-electron chi connectivity index (χ2n) is 9.12. The van der Waals surface area contributed by atoms with Crippen LogP contribution in [-0.2, 0) is 0 Å². The number of pyridine rings is 2. The second kappa shape index (κ2) is 8.13. The van der Waals surface area contributed by atoms with Crippen LogP contribution in [0.3, 0.4) is 0 Å². The van der Waals surface area contributed by atoms with E-state index in [4.69, 9.17) is 11.6 Å². The first-order valence-electron chi connectivity index (χ1n) is 10.8. The van der Waals surface area contributed by atoms with Crippen LogP contribution in [0.1, 0.15) is 23.7 Å². The third kappa shape index (κ3) is 4.07. The number of nitrogens with one attached hydrogen (secondary N) is 1. The molecular formula is C23H18ClF5N4O3. The highest BCUT2D eigenvalue weighted by Crippen LogP contribution is 2.50. The predicted octanol–water partition coefficient (Wildman–Crippen LogP) is 3.57. The molecule has 1 saturated heterocycles. The number of aromatic nitrogens is 2. The lowest BCUT2D eigenvalue weighted by Crippen LogP contribution is -2.44. The van der Waals surface area contributed by atoms with Gasteiger partial charge in [0.2, 0.25) is 5.43 Å². The fraction of sp³-hybridized carbons (Fsp3) is 0.348. The lowest BCUT2D eigenvalue weighted by molar-refractivity contribution is -0.149. The molecule has 13 heteroatoms. The SMILES string of the molecule is C[C@H](NC(=O)c1cn(-c2c(F)cc(F)cc2Cl)c2nc(N3CC4CC4(O)C3)ccc2c1=O)C(F)(F)F. The van der Waals surface area contributed by atoms with Crippen LogP contribution in [0, 0.1) is 17.6 Å². The standard InChI is InChI=1S/C23H18ClF5N4O3/c1-10(23(27,28)29)30-21(35)14-8-33(18-15(24)4-12(25)5-16(18)26)20-13(19(14)34)2-3-17(31-20)32-7-11-6-22(11,36)9-32/h2-5,8,10-11,36H,6-7,9H2,1H3,(H,30,35)/t10-,11?,22?/m0/s1. The number of carbonyl (C=O) groups excluding carboxylic acids is 1. The number of aliphatic hydroxyl groups is 1. The van der Waals surface area contributed by atoms with Crippen molar-refractivity contribution < 1.29 is 31.9 Å². The van der Waals surface area contributed by atoms with Crippen LogP contribution in [-0.4, -0.2) is 51.5 Å². The Morgan fingerprint density at radius 3 is 2.64 bits per heavy atom. The molecule has 1 aliphatic heterocycles. The largest absolute Gasteiger partial charge is 0.408 e. The first kappa shape index (κ1) is 24.4. The summed E-state index contributed by atoms with van der Waals surface area (Å²) >= 11 is 6.10. The Morgan fingerprint density at radius 2 is 2.03 bits per heavy atom. The number of hydrogen-bond donors (Lipinski definition) is 2. The minimum absolute atomic E-state index is 0.0721. The van der Waals surface area contributed by atoms with Crippen LogP contribution < -0.4 is 15.6 Å². The number of β-amino-alcohol motifs (C(OH)–C–C–N with tert-alkyl or cyclic N) is 1. The van der Waals surface area contributed by atoms with Gasteiger partial charge in [-0.25, -0.2) is 13.8 Å². The lowest BCUT2D eigenvalue weighted by Gasteiger charge is -2.22. The fourth-order valence-corrected chi connectivity index (χ4v) is 4.74. The van der Waals surface area contributed by atoms with E-state index in [1.165, 1.54) is 12.1 Å². The van der Waals surface area contributed by atoms with Crippen molar-refractivity contribution in [3.05, 3.63) is 62.9 Å². The third-order valence-electron chi connectivity index (χ3n) is 6.57. The molecule has 36 heavy (non-hydrogen) atoms. The molecule has 1 amide bonds. The van der Waals surface area contributed by atoms with E-state index in [2.05, 4.69) is 4.98 Å². The monoisotopic (exact) mass is 528 g/mol. The maximum Gasteiger partial charge on any atom is 0.408 e. The van der Waals surface area contributed by atoms with Gasteiger partial charge in [0.1, 0.15) is 28.9 Å². The van der Waals surface area contributed by atoms with Crippen LogP contribution in [0.4, 0.5) is 27.8 Å². The zero-order chi connectivity index (χ0) is 26.2. The lowest BCUT2D eigenvalue weighted by atomic mass is 10.1. The maximum absolute atomic E-state index is 14.9. The van der Waals surface area contributed by atoms with E-state index < -0.39 is 57.1 Å². The Bertz CT molecular complexity index is 1450. The summed E-state index contributed by atoms with van der Waals surface area (Å²) in [6.45, 7) is 1.50. The summed E-state index contributed by atoms with van der Waals surface area (Å²) in [4.78, 5) is 32.0. The Hall–Kier alpha value is -3.25. The van der Waals surface area contributed by atoms with Crippen LogP contribution >= 0.6 is 11.6 Å². The van der Waals surface area contributed by atoms with Crippen LogP contribution in [0.5, 0.6) is 0 Å². The van der Waals surface area contributed by atoms with Crippen molar-refractivity contribution in [1.82, 2.24) is 14.9 Å². The number of alkyl halides is 3. The number of carbonyl (C=O) groups is 1. The van der Waals surface area contributed by atoms with Gasteiger partial charge in [-0.3, -0.25) is 14.2 Å². The van der Waals surface area contributed by atoms with Gasteiger partial charge in [0, 0.05) is 31.3 Å². The fourth-order valence-electron chi connectivity index (χ4n) is 4.45. The quantitative estimate of drug-likeness (QED) is 0.506. The number of rotatable bonds is 4. The van der Waals surface area contributed by atoms with E-state index in [1.807, 2.05) is 0 Å². The molecule has 2 fully saturated rings. The van der Waals surface area contributed by atoms with Gasteiger partial charge < -0.3 is 15.3 Å². The molecule has 3 heterocycles. The topological polar surface area (TPSA) is 87.5 Å². The van der Waals surface area contributed by atoms with E-state index >= 15 is 0 Å². The van der Waals surface area contributed by atoms with Gasteiger partial charge in [-0.05, 0) is 31.5 Å². The molecule has 1 aromatic carbocycles. The number of benzene rings is 1. The molecule has 0 spiro atoms. The number of anilines is 1. The molecule has 0 radical (unpaired) electrons. The molecule has 3 atom stereocenters. The normalized spacial score (nSPS) is 22.0. The minimum atomic E-state index is -4.77. The van der Waals surface area contributed by atoms with Crippen molar-refractivity contribution in [2.24, 2.45) is 5.92 Å². The van der Waals surface area contributed by atoms with E-state index in [-0.39, 0.29) is 17.0 Å². The molecule has 1 saturated carbocycles. The first-order chi connectivity index (χ1) is 16.8. The third-order valence-corrected chi connectivity index (χ3v) is 6.86. The molecule has 5 rings (SSSR count). The van der Waals surface area contributed by atoms with Gasteiger partial charge in [0.25, 0.3) is 5.91 Å². The Morgan fingerprint density at radius 1 is 1.31 bits per heavy atom. The van der Waals surface area contributed by atoms with Crippen molar-refractivity contribution in [2.45, 2.75) is 31.2 Å². The van der Waals surface area contributed by atoms with Crippen molar-refractivity contribution >= 4 is 34.4 Å². The maximum atomic E-state index is 14.9. The molecule has 2 aromatic heterocycles. The number of halogens is 6. The summed E-state index contributed by atoms with van der Waals surface area (Å²) < 4.78 is 68.5. The van der Waals surface area contributed by atoms with E-state index in [1.54, 1.807) is 10.2 Å². The van der Waals surface area contributed by atoms with Gasteiger partial charge in [0.05, 0.1) is 16.0 Å². The van der Waals surface area contributed by atoms with E-state index in [0.717, 1.165) is 16.8 Å². The van der Waals surface area contributed by atoms with Crippen molar-refractivity contribution in [2.75, 3.05) is 18.0 Å². The molecule has 7 nitrogen and oxygen atoms in total. The highest BCUT2D eigenvalue weighted by Gasteiger charge is 2.59. The van der Waals surface area contributed by atoms with Gasteiger partial charge >= 0.3 is 6.18 Å². The van der Waals surface area contributed by atoms with Crippen molar-refractivity contribution in [3.63, 3.8) is 0 Å². The number of nitrogens with zero attached hydrogens (tertiary/aromatic N) is 3. The summed E-state index contributed by atoms with van der Waals surface area (Å²) in [6, 6.07) is 1.84. The van der Waals surface area contributed by atoms with E-state index in [9.17, 15) is 36.6 Å². The summed E-state index contributed by atoms with van der Waals surface area (Å²) in [5, 5.41) is 11.5. The average Bonchev–Trinajstić information content (AvgIpc) is 3.29. The molecule has 2 aliphatic rings. The van der Waals surface area contributed by atoms with Crippen LogP contribution in [0.2, 0.25) is 5.02 Å². The smallest absolute Gasteiger partial charge is 0.388 e. The number of amides is 1. The number of piperidine rings is 1. The zero-order valence-electron chi connectivity index (χ0n) is 18.5. The summed E-state index contributed by atoms with van der Waals surface area (Å²) in [5.74, 6) is -3.06. The zero-order valence-corrected chi connectivity index (χ0v) is 19.3. The van der Waals surface area contributed by atoms with E-state index in [0.29, 0.717) is 38.3 Å². The predicted molar refractivity (Wildman–Crippen MR) is 121 cm³/mol. The molecule has 0 bridgehead atoms. The Kier molecular flexibility index (Phi) is 5.52. The summed E-state index contributed by atoms with van der Waals surface area (Å²) in [7, 11) is 0. The van der Waals surface area contributed by atoms with Gasteiger partial charge in [-0.2, -0.15) is 13.2 Å². The molecule has 3 aromatic rings. The first-order valence-corrected chi connectivity index (χ1v) is 11.2.